The lowest BCUT2D eigenvalue weighted by molar-refractivity contribution is 0.160. The molecule has 0 aromatic carbocycles. The van der Waals surface area contributed by atoms with Crippen molar-refractivity contribution in [2.45, 2.75) is 25.4 Å². The zero-order valence-corrected chi connectivity index (χ0v) is 6.53. The van der Waals surface area contributed by atoms with E-state index in [1.165, 1.54) is 10.4 Å². The fourth-order valence-corrected chi connectivity index (χ4v) is 2.41. The fourth-order valence-electron chi connectivity index (χ4n) is 1.41. The van der Waals surface area contributed by atoms with Crippen molar-refractivity contribution in [3.05, 3.63) is 21.9 Å². The predicted octanol–water partition coefficient (Wildman–Crippen LogP) is 1.60. The first-order valence-electron chi connectivity index (χ1n) is 3.59. The highest BCUT2D eigenvalue weighted by Gasteiger charge is 2.16. The summed E-state index contributed by atoms with van der Waals surface area (Å²) in [4.78, 5) is 1.39. The maximum absolute atomic E-state index is 9.28. The van der Waals surface area contributed by atoms with E-state index in [1.54, 1.807) is 11.3 Å². The molecule has 2 rings (SSSR count). The molecule has 1 nitrogen and oxygen atoms in total. The third-order valence-corrected chi connectivity index (χ3v) is 2.99. The molecule has 0 saturated carbocycles. The number of thiophene rings is 1. The Labute approximate surface area is 64.3 Å². The van der Waals surface area contributed by atoms with E-state index in [4.69, 9.17) is 0 Å². The Kier molecular flexibility index (Phi) is 1.51. The minimum Gasteiger partial charge on any atom is -0.393 e. The second-order valence-electron chi connectivity index (χ2n) is 2.77. The Morgan fingerprint density at radius 3 is 3.40 bits per heavy atom. The summed E-state index contributed by atoms with van der Waals surface area (Å²) in [5.74, 6) is 0. The van der Waals surface area contributed by atoms with Gasteiger partial charge in [0.15, 0.2) is 0 Å². The van der Waals surface area contributed by atoms with Crippen molar-refractivity contribution in [1.82, 2.24) is 0 Å². The van der Waals surface area contributed by atoms with Crippen LogP contribution in [-0.4, -0.2) is 11.2 Å². The molecule has 0 radical (unpaired) electrons. The van der Waals surface area contributed by atoms with Crippen LogP contribution in [-0.2, 0) is 12.8 Å². The zero-order valence-electron chi connectivity index (χ0n) is 5.71. The van der Waals surface area contributed by atoms with E-state index >= 15 is 0 Å². The van der Waals surface area contributed by atoms with Gasteiger partial charge in [-0.2, -0.15) is 0 Å². The molecule has 0 saturated heterocycles. The Morgan fingerprint density at radius 2 is 2.50 bits per heavy atom. The van der Waals surface area contributed by atoms with E-state index in [0.29, 0.717) is 0 Å². The van der Waals surface area contributed by atoms with Crippen molar-refractivity contribution in [2.75, 3.05) is 0 Å². The normalized spacial score (nSPS) is 24.3. The summed E-state index contributed by atoms with van der Waals surface area (Å²) in [7, 11) is 0. The molecule has 0 bridgehead atoms. The van der Waals surface area contributed by atoms with Crippen LogP contribution < -0.4 is 0 Å². The van der Waals surface area contributed by atoms with Crippen molar-refractivity contribution in [1.29, 1.82) is 0 Å². The lowest BCUT2D eigenvalue weighted by Crippen LogP contribution is -2.16. The smallest absolute Gasteiger partial charge is 0.0591 e. The molecule has 1 unspecified atom stereocenters. The highest BCUT2D eigenvalue weighted by Crippen LogP contribution is 2.25. The van der Waals surface area contributed by atoms with Gasteiger partial charge in [-0.1, -0.05) is 0 Å². The van der Waals surface area contributed by atoms with Crippen LogP contribution in [0.4, 0.5) is 0 Å². The molecule has 1 atom stereocenters. The molecular weight excluding hydrogens is 144 g/mol. The summed E-state index contributed by atoms with van der Waals surface area (Å²) in [6.45, 7) is 0. The van der Waals surface area contributed by atoms with E-state index in [1.807, 2.05) is 0 Å². The molecule has 1 aromatic heterocycles. The minimum absolute atomic E-state index is 0.0776. The van der Waals surface area contributed by atoms with Crippen molar-refractivity contribution in [2.24, 2.45) is 0 Å². The van der Waals surface area contributed by atoms with Crippen LogP contribution in [0.15, 0.2) is 11.4 Å². The number of aliphatic hydroxyl groups excluding tert-OH is 1. The predicted molar refractivity (Wildman–Crippen MR) is 42.4 cm³/mol. The summed E-state index contributed by atoms with van der Waals surface area (Å²) < 4.78 is 0. The van der Waals surface area contributed by atoms with Gasteiger partial charge < -0.3 is 5.11 Å². The molecule has 0 aliphatic heterocycles. The summed E-state index contributed by atoms with van der Waals surface area (Å²) in [6.07, 6.45) is 2.82. The molecule has 10 heavy (non-hydrogen) atoms. The van der Waals surface area contributed by atoms with E-state index in [-0.39, 0.29) is 6.10 Å². The van der Waals surface area contributed by atoms with Gasteiger partial charge in [-0.15, -0.1) is 11.3 Å². The van der Waals surface area contributed by atoms with Crippen molar-refractivity contribution in [3.8, 4) is 0 Å². The summed E-state index contributed by atoms with van der Waals surface area (Å²) in [6, 6.07) is 2.17. The first-order chi connectivity index (χ1) is 4.86. The van der Waals surface area contributed by atoms with Crippen LogP contribution in [0.1, 0.15) is 16.9 Å². The van der Waals surface area contributed by atoms with E-state index in [9.17, 15) is 5.11 Å². The fraction of sp³-hybridized carbons (Fsp3) is 0.500. The van der Waals surface area contributed by atoms with Crippen LogP contribution in [0.2, 0.25) is 0 Å². The third-order valence-electron chi connectivity index (χ3n) is 2.01. The lowest BCUT2D eigenvalue weighted by atomic mass is 9.97. The average molecular weight is 154 g/mol. The van der Waals surface area contributed by atoms with E-state index in [0.717, 1.165) is 19.3 Å². The van der Waals surface area contributed by atoms with Crippen LogP contribution >= 0.6 is 11.3 Å². The number of fused-ring (bicyclic) bond motifs is 1. The molecule has 1 aliphatic carbocycles. The van der Waals surface area contributed by atoms with Gasteiger partial charge in [0.05, 0.1) is 6.10 Å². The first kappa shape index (κ1) is 6.38. The minimum atomic E-state index is -0.0776. The van der Waals surface area contributed by atoms with Gasteiger partial charge >= 0.3 is 0 Å². The van der Waals surface area contributed by atoms with E-state index in [2.05, 4.69) is 11.4 Å². The zero-order chi connectivity index (χ0) is 6.97. The van der Waals surface area contributed by atoms with Gasteiger partial charge in [-0.3, -0.25) is 0 Å². The van der Waals surface area contributed by atoms with Crippen LogP contribution in [0.25, 0.3) is 0 Å². The lowest BCUT2D eigenvalue weighted by Gasteiger charge is -2.16. The Morgan fingerprint density at radius 1 is 1.60 bits per heavy atom. The largest absolute Gasteiger partial charge is 0.393 e. The number of aryl methyl sites for hydroxylation is 1. The van der Waals surface area contributed by atoms with Gasteiger partial charge in [0.1, 0.15) is 0 Å². The second-order valence-corrected chi connectivity index (χ2v) is 3.77. The highest BCUT2D eigenvalue weighted by molar-refractivity contribution is 7.10. The van der Waals surface area contributed by atoms with E-state index < -0.39 is 0 Å². The molecule has 1 N–H and O–H groups in total. The molecule has 1 aromatic rings. The van der Waals surface area contributed by atoms with Gasteiger partial charge in [0.2, 0.25) is 0 Å². The summed E-state index contributed by atoms with van der Waals surface area (Å²) in [5.41, 5.74) is 1.45. The highest BCUT2D eigenvalue weighted by atomic mass is 32.1. The third kappa shape index (κ3) is 0.976. The van der Waals surface area contributed by atoms with Crippen LogP contribution in [0.5, 0.6) is 0 Å². The average Bonchev–Trinajstić information content (AvgIpc) is 2.33. The Hall–Kier alpha value is -0.340. The van der Waals surface area contributed by atoms with Crippen molar-refractivity contribution >= 4 is 11.3 Å². The molecule has 1 heterocycles. The molecule has 1 aliphatic rings. The van der Waals surface area contributed by atoms with Gasteiger partial charge in [0.25, 0.3) is 0 Å². The molecule has 54 valence electrons. The van der Waals surface area contributed by atoms with Crippen molar-refractivity contribution in [3.63, 3.8) is 0 Å². The molecule has 0 spiro atoms. The SMILES string of the molecule is OC1CCc2ccsc2C1. The molecule has 0 amide bonds. The molecular formula is C8H10OS. The van der Waals surface area contributed by atoms with Crippen LogP contribution in [0, 0.1) is 0 Å². The first-order valence-corrected chi connectivity index (χ1v) is 4.47. The number of aliphatic hydroxyl groups is 1. The number of hydrogen-bond donors (Lipinski definition) is 1. The standard InChI is InChI=1S/C8H10OS/c9-7-2-1-6-3-4-10-8(6)5-7/h3-4,7,9H,1-2,5H2. The number of hydrogen-bond acceptors (Lipinski definition) is 2. The monoisotopic (exact) mass is 154 g/mol. The van der Waals surface area contributed by atoms with Gasteiger partial charge in [0, 0.05) is 11.3 Å². The number of rotatable bonds is 0. The van der Waals surface area contributed by atoms with Gasteiger partial charge in [-0.25, -0.2) is 0 Å². The summed E-state index contributed by atoms with van der Waals surface area (Å²) in [5, 5.41) is 11.4. The maximum atomic E-state index is 9.28. The topological polar surface area (TPSA) is 20.2 Å². The molecule has 0 fully saturated rings. The second kappa shape index (κ2) is 2.36. The molecule has 2 heteroatoms. The Bertz CT molecular complexity index is 229. The van der Waals surface area contributed by atoms with Crippen LogP contribution in [0.3, 0.4) is 0 Å². The quantitative estimate of drug-likeness (QED) is 0.601. The Balaban J connectivity index is 2.30. The van der Waals surface area contributed by atoms with Crippen molar-refractivity contribution < 1.29 is 5.11 Å². The maximum Gasteiger partial charge on any atom is 0.0591 e. The van der Waals surface area contributed by atoms with Gasteiger partial charge in [-0.05, 0) is 29.9 Å². The summed E-state index contributed by atoms with van der Waals surface area (Å²) >= 11 is 1.77.